The van der Waals surface area contributed by atoms with Crippen molar-refractivity contribution in [3.05, 3.63) is 89.9 Å². The van der Waals surface area contributed by atoms with Gasteiger partial charge < -0.3 is 30.7 Å². The van der Waals surface area contributed by atoms with Gasteiger partial charge in [-0.25, -0.2) is 18.6 Å². The van der Waals surface area contributed by atoms with Gasteiger partial charge in [-0.05, 0) is 55.4 Å². The first-order valence-electron chi connectivity index (χ1n) is 19.9. The highest BCUT2D eigenvalue weighted by molar-refractivity contribution is 6.15. The molecule has 3 aromatic rings. The smallest absolute Gasteiger partial charge is 0.475 e. The number of Topliss-reactive ketones (excluding diaryl/α,β-unsaturated/α-hetero) is 1. The number of imide groups is 1. The van der Waals surface area contributed by atoms with Crippen LogP contribution in [0.1, 0.15) is 90.1 Å². The summed E-state index contributed by atoms with van der Waals surface area (Å²) in [6.45, 7) is 7.17. The highest BCUT2D eigenvalue weighted by Crippen LogP contribution is 2.39. The number of carboxylic acids is 1. The van der Waals surface area contributed by atoms with Gasteiger partial charge in [-0.15, -0.1) is 0 Å². The summed E-state index contributed by atoms with van der Waals surface area (Å²) in [5.74, 6) is -5.76. The van der Waals surface area contributed by atoms with Crippen molar-refractivity contribution >= 4 is 35.4 Å². The van der Waals surface area contributed by atoms with Gasteiger partial charge in [-0.3, -0.25) is 28.9 Å². The molecule has 4 amide bonds. The number of rotatable bonds is 20. The Labute approximate surface area is 356 Å². The van der Waals surface area contributed by atoms with Crippen molar-refractivity contribution in [3.8, 4) is 11.3 Å². The molecule has 19 heteroatoms. The highest BCUT2D eigenvalue weighted by atomic mass is 19.4. The molecule has 0 spiro atoms. The molecule has 5 N–H and O–H groups in total. The van der Waals surface area contributed by atoms with Crippen molar-refractivity contribution in [2.45, 2.75) is 103 Å². The van der Waals surface area contributed by atoms with Gasteiger partial charge in [-0.1, -0.05) is 70.4 Å². The van der Waals surface area contributed by atoms with Gasteiger partial charge >= 0.3 is 12.1 Å². The van der Waals surface area contributed by atoms with Crippen LogP contribution in [0.25, 0.3) is 11.3 Å². The number of aromatic nitrogens is 2. The van der Waals surface area contributed by atoms with Crippen LogP contribution < -0.4 is 11.1 Å². The number of imidazole rings is 1. The predicted molar refractivity (Wildman–Crippen MR) is 217 cm³/mol. The van der Waals surface area contributed by atoms with Crippen molar-refractivity contribution in [3.63, 3.8) is 0 Å². The van der Waals surface area contributed by atoms with Gasteiger partial charge in [0.2, 0.25) is 11.8 Å². The van der Waals surface area contributed by atoms with E-state index in [1.54, 1.807) is 17.7 Å². The third kappa shape index (κ3) is 14.7. The largest absolute Gasteiger partial charge is 0.490 e. The fourth-order valence-corrected chi connectivity index (χ4v) is 6.71. The summed E-state index contributed by atoms with van der Waals surface area (Å²) < 4.78 is 62.8. The molecular formula is C43H53F5N6O8. The Bertz CT molecular complexity index is 2050. The summed E-state index contributed by atoms with van der Waals surface area (Å²) >= 11 is 0. The molecule has 62 heavy (non-hydrogen) atoms. The number of benzene rings is 2. The van der Waals surface area contributed by atoms with E-state index in [0.29, 0.717) is 31.8 Å². The number of halogens is 5. The quantitative estimate of drug-likeness (QED) is 0.0640. The lowest BCUT2D eigenvalue weighted by Crippen LogP contribution is -2.47. The number of carbonyl (C=O) groups is 6. The number of aliphatic carboxylic acids is 1. The number of carbonyl (C=O) groups excluding carboxylic acids is 5. The van der Waals surface area contributed by atoms with Crippen molar-refractivity contribution in [1.82, 2.24) is 24.7 Å². The van der Waals surface area contributed by atoms with Crippen molar-refractivity contribution in [2.24, 2.45) is 11.1 Å². The summed E-state index contributed by atoms with van der Waals surface area (Å²) in [5.41, 5.74) is 6.68. The number of nitrogens with one attached hydrogen (secondary N) is 1. The topological polar surface area (TPSA) is 205 Å². The number of hydrogen-bond donors (Lipinski definition) is 4. The van der Waals surface area contributed by atoms with Crippen LogP contribution in [0.4, 0.5) is 22.0 Å². The maximum absolute atomic E-state index is 15.0. The molecule has 0 unspecified atom stereocenters. The number of carboxylic acid groups (broad SMARTS) is 1. The Morgan fingerprint density at radius 1 is 0.919 bits per heavy atom. The third-order valence-corrected chi connectivity index (χ3v) is 9.90. The van der Waals surface area contributed by atoms with E-state index in [4.69, 9.17) is 20.6 Å². The number of aliphatic hydroxyl groups is 1. The minimum atomic E-state index is -5.08. The normalized spacial score (nSPS) is 14.2. The second-order valence-corrected chi connectivity index (χ2v) is 15.8. The fourth-order valence-electron chi connectivity index (χ4n) is 6.71. The molecule has 1 aliphatic rings. The number of aliphatic hydroxyl groups excluding tert-OH is 1. The molecular weight excluding hydrogens is 823 g/mol. The van der Waals surface area contributed by atoms with E-state index in [9.17, 15) is 51.0 Å². The van der Waals surface area contributed by atoms with Crippen LogP contribution in [-0.2, 0) is 35.3 Å². The summed E-state index contributed by atoms with van der Waals surface area (Å²) in [7, 11) is 0. The molecule has 3 atom stereocenters. The van der Waals surface area contributed by atoms with Gasteiger partial charge in [0, 0.05) is 50.0 Å². The van der Waals surface area contributed by atoms with Gasteiger partial charge in [0.1, 0.15) is 24.1 Å². The molecule has 1 aliphatic heterocycles. The van der Waals surface area contributed by atoms with E-state index in [0.717, 1.165) is 60.1 Å². The molecule has 0 aliphatic carbocycles. The zero-order valence-corrected chi connectivity index (χ0v) is 35.0. The van der Waals surface area contributed by atoms with Crippen molar-refractivity contribution in [1.29, 1.82) is 0 Å². The lowest BCUT2D eigenvalue weighted by molar-refractivity contribution is -0.192. The van der Waals surface area contributed by atoms with Crippen LogP contribution in [0.3, 0.4) is 0 Å². The van der Waals surface area contributed by atoms with Crippen LogP contribution in [0.5, 0.6) is 0 Å². The van der Waals surface area contributed by atoms with Crippen LogP contribution in [0.2, 0.25) is 0 Å². The molecule has 4 rings (SSSR count). The molecule has 0 saturated carbocycles. The monoisotopic (exact) mass is 876 g/mol. The van der Waals surface area contributed by atoms with E-state index in [2.05, 4.69) is 5.32 Å². The van der Waals surface area contributed by atoms with Crippen molar-refractivity contribution in [2.75, 3.05) is 19.7 Å². The highest BCUT2D eigenvalue weighted by Gasteiger charge is 2.39. The Balaban J connectivity index is 0.00000134. The average Bonchev–Trinajstić information content (AvgIpc) is 3.77. The summed E-state index contributed by atoms with van der Waals surface area (Å²) in [6.07, 6.45) is 2.92. The SMILES string of the molecule is C[C@H](C(=O)CCCCCCCNC(=O)[C@@H](N)CCN(C(=O)CO)[C@@H](c1nc(-c2cc(F)ccc2F)cn1Cc1ccccc1)C(C)(C)C)N1C(=O)C=CC1=O.O=C(O)C(F)(F)F. The van der Waals surface area contributed by atoms with Crippen molar-refractivity contribution < 1.29 is 60.9 Å². The van der Waals surface area contributed by atoms with Gasteiger partial charge in [0.05, 0.1) is 23.8 Å². The molecule has 0 saturated heterocycles. The lowest BCUT2D eigenvalue weighted by atomic mass is 9.84. The van der Waals surface area contributed by atoms with Gasteiger partial charge in [-0.2, -0.15) is 13.2 Å². The number of alkyl halides is 3. The number of nitrogens with zero attached hydrogens (tertiary/aromatic N) is 4. The molecule has 14 nitrogen and oxygen atoms in total. The van der Waals surface area contributed by atoms with Gasteiger partial charge in [0.15, 0.2) is 5.78 Å². The van der Waals surface area contributed by atoms with Crippen LogP contribution >= 0.6 is 0 Å². The molecule has 338 valence electrons. The zero-order valence-electron chi connectivity index (χ0n) is 35.0. The number of ketones is 1. The third-order valence-electron chi connectivity index (χ3n) is 9.90. The van der Waals surface area contributed by atoms with E-state index in [-0.39, 0.29) is 36.4 Å². The average molecular weight is 877 g/mol. The molecule has 0 bridgehead atoms. The van der Waals surface area contributed by atoms with Gasteiger partial charge in [0.25, 0.3) is 11.8 Å². The first-order chi connectivity index (χ1) is 29.1. The molecule has 2 heterocycles. The van der Waals surface area contributed by atoms with Crippen LogP contribution in [0.15, 0.2) is 66.9 Å². The van der Waals surface area contributed by atoms with E-state index in [1.807, 2.05) is 51.1 Å². The summed E-state index contributed by atoms with van der Waals surface area (Å²) in [4.78, 5) is 78.6. The number of amides is 4. The van der Waals surface area contributed by atoms with E-state index in [1.165, 1.54) is 4.90 Å². The fraction of sp³-hybridized carbons (Fsp3) is 0.465. The maximum Gasteiger partial charge on any atom is 0.490 e. The maximum atomic E-state index is 15.0. The first kappa shape index (κ1) is 50.5. The lowest BCUT2D eigenvalue weighted by Gasteiger charge is -2.40. The molecule has 0 radical (unpaired) electrons. The van der Waals surface area contributed by atoms with Crippen LogP contribution in [0, 0.1) is 17.0 Å². The minimum absolute atomic E-state index is 0.00566. The minimum Gasteiger partial charge on any atom is -0.475 e. The number of unbranched alkanes of at least 4 members (excludes halogenated alkanes) is 4. The standard InChI is InChI=1S/C41H52F2N6O6.C2HF3O2/c1-27(49-35(52)18-19-36(49)53)34(51)15-11-6-5-7-12-21-45-40(55)32(44)20-22-48(37(54)26-50)38(41(2,3)4)39-46-33(30-23-29(42)16-17-31(30)43)25-47(39)24-28-13-9-8-10-14-28;3-2(4,5)1(6)7/h8-10,13-14,16-19,23,25,27,32,38,50H,5-7,11-12,15,20-22,24,26,44H2,1-4H3,(H,45,55);(H,6,7)/t27-,32+,38+;/m1./s1. The first-order valence-corrected chi connectivity index (χ1v) is 19.9. The molecule has 1 aromatic heterocycles. The number of hydrogen-bond acceptors (Lipinski definition) is 9. The molecule has 2 aromatic carbocycles. The zero-order chi connectivity index (χ0) is 46.4. The Morgan fingerprint density at radius 2 is 1.52 bits per heavy atom. The predicted octanol–water partition coefficient (Wildman–Crippen LogP) is 5.47. The Hall–Kier alpha value is -5.82. The Morgan fingerprint density at radius 3 is 2.10 bits per heavy atom. The summed E-state index contributed by atoms with van der Waals surface area (Å²) in [6, 6.07) is 10.1. The van der Waals surface area contributed by atoms with E-state index >= 15 is 0 Å². The number of nitrogens with two attached hydrogens (primary N) is 1. The summed E-state index contributed by atoms with van der Waals surface area (Å²) in [5, 5.41) is 20.0. The molecule has 0 fully saturated rings. The Kier molecular flexibility index (Phi) is 18.6. The van der Waals surface area contributed by atoms with E-state index < -0.39 is 77.6 Å². The van der Waals surface area contributed by atoms with Crippen LogP contribution in [-0.4, -0.2) is 103 Å². The second kappa shape index (κ2) is 22.9. The second-order valence-electron chi connectivity index (χ2n) is 15.8.